The van der Waals surface area contributed by atoms with Gasteiger partial charge in [0.15, 0.2) is 0 Å². The van der Waals surface area contributed by atoms with Crippen molar-refractivity contribution in [3.63, 3.8) is 0 Å². The van der Waals surface area contributed by atoms with Crippen molar-refractivity contribution in [3.05, 3.63) is 105 Å². The molecule has 0 saturated carbocycles. The summed E-state index contributed by atoms with van der Waals surface area (Å²) in [5, 5.41) is 14.1. The maximum absolute atomic E-state index is 13.0. The number of hydrogen-bond donors (Lipinski definition) is 1. The highest BCUT2D eigenvalue weighted by Gasteiger charge is 2.16. The van der Waals surface area contributed by atoms with Crippen LogP contribution in [0.5, 0.6) is 5.75 Å². The van der Waals surface area contributed by atoms with Gasteiger partial charge in [0.2, 0.25) is 0 Å². The van der Waals surface area contributed by atoms with Crippen LogP contribution in [0.1, 0.15) is 76.0 Å². The lowest BCUT2D eigenvalue weighted by molar-refractivity contribution is -0.136. The zero-order valence-electron chi connectivity index (χ0n) is 25.7. The van der Waals surface area contributed by atoms with Gasteiger partial charge in [-0.25, -0.2) is 9.48 Å². The molecule has 0 radical (unpaired) electrons. The molecule has 0 fully saturated rings. The van der Waals surface area contributed by atoms with E-state index in [1.807, 2.05) is 39.0 Å². The smallest absolute Gasteiger partial charge is 0.346 e. The van der Waals surface area contributed by atoms with E-state index in [-0.39, 0.29) is 23.6 Å². The number of hydrogen-bond acceptors (Lipinski definition) is 4. The number of aromatic nitrogens is 3. The van der Waals surface area contributed by atoms with E-state index in [1.165, 1.54) is 11.1 Å². The molecule has 7 nitrogen and oxygen atoms in total. The van der Waals surface area contributed by atoms with Crippen molar-refractivity contribution in [1.82, 2.24) is 14.3 Å². The number of carboxylic acid groups (broad SMARTS) is 1. The van der Waals surface area contributed by atoms with E-state index in [2.05, 4.69) is 69.3 Å². The summed E-state index contributed by atoms with van der Waals surface area (Å²) in [5.41, 5.74) is 6.21. The highest BCUT2D eigenvalue weighted by atomic mass is 16.5. The van der Waals surface area contributed by atoms with Crippen molar-refractivity contribution in [1.29, 1.82) is 0 Å². The van der Waals surface area contributed by atoms with E-state index >= 15 is 0 Å². The second-order valence-corrected chi connectivity index (χ2v) is 12.2. The van der Waals surface area contributed by atoms with Crippen molar-refractivity contribution < 1.29 is 14.6 Å². The molecule has 7 heteroatoms. The Balaban J connectivity index is 1.40. The van der Waals surface area contributed by atoms with Gasteiger partial charge in [-0.2, -0.15) is 5.10 Å². The maximum Gasteiger partial charge on any atom is 0.346 e. The van der Waals surface area contributed by atoms with Crippen molar-refractivity contribution in [2.24, 2.45) is 0 Å². The molecule has 222 valence electrons. The average molecular weight is 570 g/mol. The van der Waals surface area contributed by atoms with E-state index in [4.69, 9.17) is 9.84 Å². The third kappa shape index (κ3) is 7.78. The van der Waals surface area contributed by atoms with Crippen LogP contribution >= 0.6 is 0 Å². The maximum atomic E-state index is 13.0. The molecule has 1 N–H and O–H groups in total. The number of benzene rings is 3. The lowest BCUT2D eigenvalue weighted by atomic mass is 9.87. The average Bonchev–Trinajstić information content (AvgIpc) is 3.22. The molecular weight excluding hydrogens is 526 g/mol. The van der Waals surface area contributed by atoms with Gasteiger partial charge < -0.3 is 9.84 Å². The first-order valence-corrected chi connectivity index (χ1v) is 14.8. The Kier molecular flexibility index (Phi) is 9.71. The van der Waals surface area contributed by atoms with Crippen molar-refractivity contribution in [3.8, 4) is 16.9 Å². The van der Waals surface area contributed by atoms with Gasteiger partial charge in [-0.1, -0.05) is 75.4 Å². The lowest BCUT2D eigenvalue weighted by Crippen LogP contribution is -2.25. The van der Waals surface area contributed by atoms with Gasteiger partial charge >= 0.3 is 11.7 Å². The Morgan fingerprint density at radius 2 is 1.57 bits per heavy atom. The summed E-state index contributed by atoms with van der Waals surface area (Å²) in [6.45, 7) is 13.5. The summed E-state index contributed by atoms with van der Waals surface area (Å²) in [5.74, 6) is 0.545. The van der Waals surface area contributed by atoms with E-state index < -0.39 is 5.97 Å². The fourth-order valence-electron chi connectivity index (χ4n) is 5.12. The molecule has 0 unspecified atom stereocenters. The molecule has 0 aliphatic rings. The molecule has 0 aliphatic carbocycles. The molecule has 4 rings (SSSR count). The molecule has 42 heavy (non-hydrogen) atoms. The van der Waals surface area contributed by atoms with E-state index in [9.17, 15) is 14.7 Å². The predicted octanol–water partition coefficient (Wildman–Crippen LogP) is 6.67. The van der Waals surface area contributed by atoms with Crippen LogP contribution in [0, 0.1) is 0 Å². The third-order valence-corrected chi connectivity index (χ3v) is 7.39. The van der Waals surface area contributed by atoms with Crippen molar-refractivity contribution in [2.45, 2.75) is 91.8 Å². The standard InChI is InChI=1S/C35H43N3O4/c1-7-37-32(36-38(34(37)41)23-26-13-18-30(19-14-26)35(4,5)6)10-8-9-25-11-15-27(16-12-25)28-17-20-31(42-24(2)3)29(21-28)22-33(39)40/h11-21,24H,7-10,22-23H2,1-6H3,(H,39,40). The number of nitrogens with zero attached hydrogens (tertiary/aromatic N) is 3. The molecule has 0 aliphatic heterocycles. The second kappa shape index (κ2) is 13.2. The summed E-state index contributed by atoms with van der Waals surface area (Å²) >= 11 is 0. The summed E-state index contributed by atoms with van der Waals surface area (Å²) in [6.07, 6.45) is 2.34. The Morgan fingerprint density at radius 1 is 0.929 bits per heavy atom. The first-order chi connectivity index (χ1) is 19.9. The molecule has 0 spiro atoms. The number of carboxylic acids is 1. The van der Waals surface area contributed by atoms with Crippen LogP contribution in [0.4, 0.5) is 0 Å². The third-order valence-electron chi connectivity index (χ3n) is 7.39. The van der Waals surface area contributed by atoms with Crippen molar-refractivity contribution >= 4 is 5.97 Å². The predicted molar refractivity (Wildman–Crippen MR) is 167 cm³/mol. The number of ether oxygens (including phenoxy) is 1. The summed E-state index contributed by atoms with van der Waals surface area (Å²) < 4.78 is 9.17. The molecule has 0 bridgehead atoms. The SMILES string of the molecule is CCn1c(CCCc2ccc(-c3ccc(OC(C)C)c(CC(=O)O)c3)cc2)nn(Cc2ccc(C(C)(C)C)cc2)c1=O. The van der Waals surface area contributed by atoms with Crippen LogP contribution in [0.2, 0.25) is 0 Å². The minimum absolute atomic E-state index is 0.0331. The van der Waals surface area contributed by atoms with Crippen LogP contribution in [0.3, 0.4) is 0 Å². The Morgan fingerprint density at radius 3 is 2.17 bits per heavy atom. The number of aliphatic carboxylic acids is 1. The van der Waals surface area contributed by atoms with Crippen LogP contribution in [0.15, 0.2) is 71.5 Å². The van der Waals surface area contributed by atoms with E-state index in [0.717, 1.165) is 41.8 Å². The first kappa shape index (κ1) is 30.8. The van der Waals surface area contributed by atoms with E-state index in [0.29, 0.717) is 24.4 Å². The normalized spacial score (nSPS) is 11.7. The number of rotatable bonds is 12. The number of carbonyl (C=O) groups is 1. The van der Waals surface area contributed by atoms with Gasteiger partial charge in [0.25, 0.3) is 0 Å². The second-order valence-electron chi connectivity index (χ2n) is 12.2. The zero-order valence-corrected chi connectivity index (χ0v) is 25.7. The molecule has 0 atom stereocenters. The Hall–Kier alpha value is -4.13. The highest BCUT2D eigenvalue weighted by Crippen LogP contribution is 2.29. The molecule has 4 aromatic rings. The minimum atomic E-state index is -0.885. The topological polar surface area (TPSA) is 86.3 Å². The Bertz CT molecular complexity index is 1560. The molecule has 3 aromatic carbocycles. The van der Waals surface area contributed by atoms with Gasteiger partial charge in [0.05, 0.1) is 19.1 Å². The van der Waals surface area contributed by atoms with Crippen LogP contribution in [-0.4, -0.2) is 31.5 Å². The quantitative estimate of drug-likeness (QED) is 0.206. The largest absolute Gasteiger partial charge is 0.491 e. The molecule has 0 saturated heterocycles. The summed E-state index contributed by atoms with van der Waals surface area (Å²) in [4.78, 5) is 24.4. The van der Waals surface area contributed by atoms with Gasteiger partial charge in [-0.05, 0) is 79.0 Å². The summed E-state index contributed by atoms with van der Waals surface area (Å²) in [6, 6.07) is 22.5. The van der Waals surface area contributed by atoms with Gasteiger partial charge in [-0.3, -0.25) is 9.36 Å². The van der Waals surface area contributed by atoms with E-state index in [1.54, 1.807) is 9.25 Å². The fourth-order valence-corrected chi connectivity index (χ4v) is 5.12. The molecular formula is C35H43N3O4. The molecule has 0 amide bonds. The summed E-state index contributed by atoms with van der Waals surface area (Å²) in [7, 11) is 0. The van der Waals surface area contributed by atoms with Crippen molar-refractivity contribution in [2.75, 3.05) is 0 Å². The minimum Gasteiger partial charge on any atom is -0.491 e. The fraction of sp³-hybridized carbons (Fsp3) is 0.400. The van der Waals surface area contributed by atoms with Gasteiger partial charge in [-0.15, -0.1) is 0 Å². The zero-order chi connectivity index (χ0) is 30.4. The first-order valence-electron chi connectivity index (χ1n) is 14.8. The highest BCUT2D eigenvalue weighted by molar-refractivity contribution is 5.74. The van der Waals surface area contributed by atoms with Gasteiger partial charge in [0.1, 0.15) is 11.6 Å². The monoisotopic (exact) mass is 569 g/mol. The Labute approximate surface area is 248 Å². The number of aryl methyl sites for hydroxylation is 2. The van der Waals surface area contributed by atoms with Crippen LogP contribution in [-0.2, 0) is 42.6 Å². The molecule has 1 aromatic heterocycles. The molecule has 1 heterocycles. The van der Waals surface area contributed by atoms with Crippen LogP contribution < -0.4 is 10.4 Å². The lowest BCUT2D eigenvalue weighted by Gasteiger charge is -2.19. The van der Waals surface area contributed by atoms with Crippen LogP contribution in [0.25, 0.3) is 11.1 Å². The van der Waals surface area contributed by atoms with Gasteiger partial charge in [0, 0.05) is 18.5 Å².